The summed E-state index contributed by atoms with van der Waals surface area (Å²) in [4.78, 5) is 21.2. The predicted octanol–water partition coefficient (Wildman–Crippen LogP) is 2.14. The number of carbonyl (C=O) groups excluding carboxylic acids is 1. The molecule has 1 aromatic heterocycles. The lowest BCUT2D eigenvalue weighted by Crippen LogP contribution is -2.38. The van der Waals surface area contributed by atoms with Crippen LogP contribution in [-0.4, -0.2) is 55.1 Å². The first kappa shape index (κ1) is 16.2. The molecule has 0 bridgehead atoms. The fourth-order valence-electron chi connectivity index (χ4n) is 3.65. The summed E-state index contributed by atoms with van der Waals surface area (Å²) in [7, 11) is 0. The van der Waals surface area contributed by atoms with E-state index in [1.807, 2.05) is 19.1 Å². The molecule has 126 valence electrons. The Morgan fingerprint density at radius 1 is 1.22 bits per heavy atom. The quantitative estimate of drug-likeness (QED) is 0.904. The maximum absolute atomic E-state index is 11.8. The van der Waals surface area contributed by atoms with Crippen LogP contribution in [0.5, 0.6) is 0 Å². The van der Waals surface area contributed by atoms with Crippen molar-refractivity contribution >= 4 is 11.7 Å². The summed E-state index contributed by atoms with van der Waals surface area (Å²) in [6.07, 6.45) is 6.94. The van der Waals surface area contributed by atoms with Crippen molar-refractivity contribution in [2.45, 2.75) is 32.6 Å². The minimum Gasteiger partial charge on any atom is -0.357 e. The van der Waals surface area contributed by atoms with Gasteiger partial charge in [-0.1, -0.05) is 0 Å². The van der Waals surface area contributed by atoms with Crippen molar-refractivity contribution in [2.24, 2.45) is 5.92 Å². The number of hydrogen-bond acceptors (Lipinski definition) is 4. The molecule has 23 heavy (non-hydrogen) atoms. The summed E-state index contributed by atoms with van der Waals surface area (Å²) in [5.41, 5.74) is 0.638. The molecule has 2 fully saturated rings. The van der Waals surface area contributed by atoms with Gasteiger partial charge in [0.1, 0.15) is 5.82 Å². The third-order valence-electron chi connectivity index (χ3n) is 5.00. The molecular formula is C18H28N4O. The molecule has 0 aromatic carbocycles. The van der Waals surface area contributed by atoms with Crippen LogP contribution >= 0.6 is 0 Å². The number of likely N-dealkylation sites (tertiary alicyclic amines) is 1. The number of aromatic nitrogens is 1. The molecule has 1 aromatic rings. The molecule has 3 heterocycles. The van der Waals surface area contributed by atoms with Crippen molar-refractivity contribution in [2.75, 3.05) is 44.2 Å². The summed E-state index contributed by atoms with van der Waals surface area (Å²) in [6.45, 7) is 8.58. The fourth-order valence-corrected chi connectivity index (χ4v) is 3.65. The van der Waals surface area contributed by atoms with Gasteiger partial charge in [0, 0.05) is 32.4 Å². The molecule has 5 heteroatoms. The number of hydrogen-bond donors (Lipinski definition) is 1. The van der Waals surface area contributed by atoms with Crippen molar-refractivity contribution in [3.63, 3.8) is 0 Å². The third-order valence-corrected chi connectivity index (χ3v) is 5.00. The van der Waals surface area contributed by atoms with E-state index < -0.39 is 0 Å². The molecular weight excluding hydrogens is 288 g/mol. The van der Waals surface area contributed by atoms with Gasteiger partial charge in [-0.15, -0.1) is 0 Å². The molecule has 5 nitrogen and oxygen atoms in total. The van der Waals surface area contributed by atoms with Gasteiger partial charge >= 0.3 is 0 Å². The lowest BCUT2D eigenvalue weighted by molar-refractivity contribution is 0.0955. The van der Waals surface area contributed by atoms with E-state index in [9.17, 15) is 4.79 Å². The number of piperidine rings is 1. The number of nitrogens with zero attached hydrogens (tertiary/aromatic N) is 3. The molecule has 0 atom stereocenters. The maximum atomic E-state index is 11.8. The van der Waals surface area contributed by atoms with Crippen LogP contribution in [0.2, 0.25) is 0 Å². The van der Waals surface area contributed by atoms with Crippen molar-refractivity contribution in [3.8, 4) is 0 Å². The van der Waals surface area contributed by atoms with Crippen molar-refractivity contribution in [1.82, 2.24) is 15.2 Å². The van der Waals surface area contributed by atoms with Crippen LogP contribution in [0.15, 0.2) is 18.3 Å². The number of amides is 1. The normalized spacial score (nSPS) is 20.0. The van der Waals surface area contributed by atoms with E-state index in [4.69, 9.17) is 0 Å². The average molecular weight is 316 g/mol. The Morgan fingerprint density at radius 3 is 2.57 bits per heavy atom. The Hall–Kier alpha value is -1.62. The van der Waals surface area contributed by atoms with E-state index >= 15 is 0 Å². The van der Waals surface area contributed by atoms with Crippen LogP contribution in [0.25, 0.3) is 0 Å². The SMILES string of the molecule is CCNC(=O)c1ccc(N2CCC(CN3CCCC3)CC2)nc1. The fraction of sp³-hybridized carbons (Fsp3) is 0.667. The zero-order valence-corrected chi connectivity index (χ0v) is 14.1. The molecule has 3 rings (SSSR count). The van der Waals surface area contributed by atoms with Crippen LogP contribution in [0.3, 0.4) is 0 Å². The standard InChI is InChI=1S/C18H28N4O/c1-2-19-18(23)16-5-6-17(20-13-16)22-11-7-15(8-12-22)14-21-9-3-4-10-21/h5-6,13,15H,2-4,7-12,14H2,1H3,(H,19,23). The molecule has 1 N–H and O–H groups in total. The first-order chi connectivity index (χ1) is 11.3. The monoisotopic (exact) mass is 316 g/mol. The third kappa shape index (κ3) is 4.22. The highest BCUT2D eigenvalue weighted by Gasteiger charge is 2.23. The summed E-state index contributed by atoms with van der Waals surface area (Å²) < 4.78 is 0. The van der Waals surface area contributed by atoms with Crippen molar-refractivity contribution < 1.29 is 4.79 Å². The Bertz CT molecular complexity index is 502. The van der Waals surface area contributed by atoms with Gasteiger partial charge in [-0.2, -0.15) is 0 Å². The van der Waals surface area contributed by atoms with Gasteiger partial charge in [0.15, 0.2) is 0 Å². The number of anilines is 1. The van der Waals surface area contributed by atoms with Crippen molar-refractivity contribution in [3.05, 3.63) is 23.9 Å². The van der Waals surface area contributed by atoms with E-state index in [0.29, 0.717) is 12.1 Å². The van der Waals surface area contributed by atoms with Gasteiger partial charge in [0.25, 0.3) is 5.91 Å². The van der Waals surface area contributed by atoms with E-state index in [2.05, 4.69) is 20.1 Å². The molecule has 2 saturated heterocycles. The smallest absolute Gasteiger partial charge is 0.252 e. The first-order valence-corrected chi connectivity index (χ1v) is 8.98. The molecule has 2 aliphatic rings. The molecule has 0 saturated carbocycles. The number of carbonyl (C=O) groups is 1. The van der Waals surface area contributed by atoms with E-state index in [0.717, 1.165) is 24.8 Å². The second-order valence-electron chi connectivity index (χ2n) is 6.70. The lowest BCUT2D eigenvalue weighted by Gasteiger charge is -2.34. The maximum Gasteiger partial charge on any atom is 0.252 e. The molecule has 0 spiro atoms. The van der Waals surface area contributed by atoms with Gasteiger partial charge in [-0.3, -0.25) is 4.79 Å². The van der Waals surface area contributed by atoms with Gasteiger partial charge < -0.3 is 15.1 Å². The molecule has 0 aliphatic carbocycles. The lowest BCUT2D eigenvalue weighted by atomic mass is 9.96. The largest absolute Gasteiger partial charge is 0.357 e. The Balaban J connectivity index is 1.50. The summed E-state index contributed by atoms with van der Waals surface area (Å²) in [5.74, 6) is 1.78. The highest BCUT2D eigenvalue weighted by molar-refractivity contribution is 5.93. The second kappa shape index (κ2) is 7.77. The van der Waals surface area contributed by atoms with Crippen LogP contribution in [0.1, 0.15) is 43.0 Å². The average Bonchev–Trinajstić information content (AvgIpc) is 3.09. The second-order valence-corrected chi connectivity index (χ2v) is 6.70. The van der Waals surface area contributed by atoms with Crippen LogP contribution < -0.4 is 10.2 Å². The number of nitrogens with one attached hydrogen (secondary N) is 1. The minimum atomic E-state index is -0.0455. The highest BCUT2D eigenvalue weighted by atomic mass is 16.1. The molecule has 1 amide bonds. The number of pyridine rings is 1. The van der Waals surface area contributed by atoms with Crippen LogP contribution in [0, 0.1) is 5.92 Å². The Morgan fingerprint density at radius 2 is 1.96 bits per heavy atom. The first-order valence-electron chi connectivity index (χ1n) is 8.98. The Labute approximate surface area is 139 Å². The zero-order valence-electron chi connectivity index (χ0n) is 14.1. The van der Waals surface area contributed by atoms with Gasteiger partial charge in [-0.05, 0) is 63.7 Å². The topological polar surface area (TPSA) is 48.5 Å². The van der Waals surface area contributed by atoms with Gasteiger partial charge in [0.2, 0.25) is 0 Å². The van der Waals surface area contributed by atoms with Crippen LogP contribution in [-0.2, 0) is 0 Å². The summed E-state index contributed by atoms with van der Waals surface area (Å²) >= 11 is 0. The van der Waals surface area contributed by atoms with Crippen molar-refractivity contribution in [1.29, 1.82) is 0 Å². The van der Waals surface area contributed by atoms with E-state index in [-0.39, 0.29) is 5.91 Å². The molecule has 2 aliphatic heterocycles. The Kier molecular flexibility index (Phi) is 5.49. The summed E-state index contributed by atoms with van der Waals surface area (Å²) in [5, 5.41) is 2.80. The van der Waals surface area contributed by atoms with Gasteiger partial charge in [0.05, 0.1) is 5.56 Å². The van der Waals surface area contributed by atoms with Gasteiger partial charge in [-0.25, -0.2) is 4.98 Å². The highest BCUT2D eigenvalue weighted by Crippen LogP contribution is 2.23. The summed E-state index contributed by atoms with van der Waals surface area (Å²) in [6, 6.07) is 3.86. The molecule has 0 unspecified atom stereocenters. The predicted molar refractivity (Wildman–Crippen MR) is 92.9 cm³/mol. The van der Waals surface area contributed by atoms with E-state index in [1.54, 1.807) is 6.20 Å². The molecule has 0 radical (unpaired) electrons. The van der Waals surface area contributed by atoms with E-state index in [1.165, 1.54) is 45.3 Å². The van der Waals surface area contributed by atoms with Crippen LogP contribution in [0.4, 0.5) is 5.82 Å². The number of rotatable bonds is 5. The zero-order chi connectivity index (χ0) is 16.1. The minimum absolute atomic E-state index is 0.0455.